The summed E-state index contributed by atoms with van der Waals surface area (Å²) >= 11 is 13.0. The highest BCUT2D eigenvalue weighted by atomic mass is 35.5. The van der Waals surface area contributed by atoms with Gasteiger partial charge in [-0.1, -0.05) is 29.3 Å². The fourth-order valence-electron chi connectivity index (χ4n) is 3.13. The molecule has 11 heteroatoms. The van der Waals surface area contributed by atoms with Crippen LogP contribution in [0.5, 0.6) is 0 Å². The Morgan fingerprint density at radius 1 is 1.24 bits per heavy atom. The number of aromatic nitrogens is 1. The summed E-state index contributed by atoms with van der Waals surface area (Å²) in [5.74, 6) is -0.186. The van der Waals surface area contributed by atoms with Crippen LogP contribution in [0, 0.1) is 0 Å². The molecule has 0 radical (unpaired) electrons. The van der Waals surface area contributed by atoms with Crippen molar-refractivity contribution in [1.82, 2.24) is 4.98 Å². The van der Waals surface area contributed by atoms with Gasteiger partial charge in [-0.15, -0.1) is 0 Å². The molecule has 156 valence electrons. The van der Waals surface area contributed by atoms with Gasteiger partial charge >= 0.3 is 0 Å². The second-order valence-corrected chi connectivity index (χ2v) is 13.2. The van der Waals surface area contributed by atoms with Crippen LogP contribution >= 0.6 is 23.2 Å². The number of pyridine rings is 1. The number of aliphatic hydroxyl groups excluding tert-OH is 1. The zero-order chi connectivity index (χ0) is 21.7. The zero-order valence-corrected chi connectivity index (χ0v) is 19.9. The second kappa shape index (κ2) is 7.70. The van der Waals surface area contributed by atoms with Crippen molar-refractivity contribution < 1.29 is 17.7 Å². The number of sulfonamides is 1. The van der Waals surface area contributed by atoms with Gasteiger partial charge in [-0.25, -0.2) is 12.6 Å². The number of hydrogen-bond donors (Lipinski definition) is 1. The summed E-state index contributed by atoms with van der Waals surface area (Å²) in [6.07, 6.45) is 2.60. The number of fused-ring (bicyclic) bond motifs is 1. The third-order valence-corrected chi connectivity index (χ3v) is 10.8. The van der Waals surface area contributed by atoms with Gasteiger partial charge in [-0.05, 0) is 47.1 Å². The van der Waals surface area contributed by atoms with Crippen molar-refractivity contribution in [3.8, 4) is 0 Å². The molecule has 1 aromatic heterocycles. The predicted molar refractivity (Wildman–Crippen MR) is 122 cm³/mol. The Morgan fingerprint density at radius 2 is 1.90 bits per heavy atom. The van der Waals surface area contributed by atoms with Crippen molar-refractivity contribution in [3.05, 3.63) is 57.3 Å². The normalized spacial score (nSPS) is 18.3. The molecule has 1 N–H and O–H groups in total. The first-order valence-corrected chi connectivity index (χ1v) is 13.4. The van der Waals surface area contributed by atoms with E-state index in [0.29, 0.717) is 15.9 Å². The quantitative estimate of drug-likeness (QED) is 0.694. The maximum absolute atomic E-state index is 12.2. The molecule has 0 fully saturated rings. The lowest BCUT2D eigenvalue weighted by atomic mass is 9.98. The monoisotopic (exact) mass is 492 g/mol. The highest BCUT2D eigenvalue weighted by Crippen LogP contribution is 2.49. The Labute approximate surface area is 184 Å². The Bertz CT molecular complexity index is 1220. The van der Waals surface area contributed by atoms with Crippen LogP contribution in [0.2, 0.25) is 10.0 Å². The summed E-state index contributed by atoms with van der Waals surface area (Å²) in [7, 11) is -2.97. The smallest absolute Gasteiger partial charge is 0.232 e. The average Bonchev–Trinajstić information content (AvgIpc) is 2.64. The van der Waals surface area contributed by atoms with Crippen LogP contribution in [0.1, 0.15) is 30.7 Å². The first-order valence-electron chi connectivity index (χ1n) is 8.29. The molecule has 0 saturated carbocycles. The average molecular weight is 493 g/mol. The minimum atomic E-state index is -3.59. The third-order valence-electron chi connectivity index (χ3n) is 4.75. The van der Waals surface area contributed by atoms with Gasteiger partial charge < -0.3 is 5.11 Å². The molecule has 1 aromatic carbocycles. The molecular formula is C18H18Cl2N2O4S3. The van der Waals surface area contributed by atoms with E-state index in [1.807, 2.05) is 19.9 Å². The molecule has 0 bridgehead atoms. The van der Waals surface area contributed by atoms with Crippen molar-refractivity contribution in [3.63, 3.8) is 0 Å². The third kappa shape index (κ3) is 3.63. The van der Waals surface area contributed by atoms with Gasteiger partial charge in [-0.2, -0.15) is 0 Å². The molecule has 1 unspecified atom stereocenters. The Morgan fingerprint density at radius 3 is 2.48 bits per heavy atom. The molecule has 0 saturated heterocycles. The lowest BCUT2D eigenvalue weighted by Gasteiger charge is -2.35. The maximum atomic E-state index is 12.2. The molecule has 1 aliphatic heterocycles. The zero-order valence-electron chi connectivity index (χ0n) is 15.9. The second-order valence-electron chi connectivity index (χ2n) is 6.91. The van der Waals surface area contributed by atoms with E-state index in [1.54, 1.807) is 12.3 Å². The van der Waals surface area contributed by atoms with E-state index in [0.717, 1.165) is 16.1 Å². The largest absolute Gasteiger partial charge is 0.505 e. The van der Waals surface area contributed by atoms with Crippen molar-refractivity contribution in [1.29, 1.82) is 0 Å². The van der Waals surface area contributed by atoms with Crippen LogP contribution in [0.25, 0.3) is 10.7 Å². The summed E-state index contributed by atoms with van der Waals surface area (Å²) in [6, 6.07) is 6.55. The number of anilines is 1. The van der Waals surface area contributed by atoms with E-state index in [4.69, 9.17) is 23.2 Å². The Kier molecular flexibility index (Phi) is 5.92. The highest BCUT2D eigenvalue weighted by molar-refractivity contribution is 8.36. The Hall–Kier alpha value is -1.39. The number of aliphatic hydroxyl groups is 1. The summed E-state index contributed by atoms with van der Waals surface area (Å²) in [4.78, 5) is 4.55. The topological polar surface area (TPSA) is 87.6 Å². The molecule has 2 aromatic rings. The fourth-order valence-corrected chi connectivity index (χ4v) is 7.74. The van der Waals surface area contributed by atoms with Crippen molar-refractivity contribution >= 4 is 69.3 Å². The van der Waals surface area contributed by atoms with Crippen molar-refractivity contribution in [2.75, 3.05) is 17.6 Å². The molecule has 29 heavy (non-hydrogen) atoms. The van der Waals surface area contributed by atoms with E-state index in [2.05, 4.69) is 4.98 Å². The van der Waals surface area contributed by atoms with Gasteiger partial charge in [0.15, 0.2) is 5.76 Å². The minimum Gasteiger partial charge on any atom is -0.505 e. The van der Waals surface area contributed by atoms with Gasteiger partial charge in [0.25, 0.3) is 0 Å². The number of rotatable bonds is 3. The van der Waals surface area contributed by atoms with Crippen LogP contribution in [0.3, 0.4) is 0 Å². The van der Waals surface area contributed by atoms with Crippen LogP contribution in [0.15, 0.2) is 30.5 Å². The first kappa shape index (κ1) is 22.3. The molecule has 6 nitrogen and oxygen atoms in total. The molecule has 0 amide bonds. The molecule has 0 spiro atoms. The standard InChI is InChI=1S/C18H18Cl2N2O4S3/c1-18(2)10-6-5-9-21-15(10)16(23)17(28(18)27-24)13-11(19)7-8-12(14(13)20)22(3)29(4,25)26/h5-9,23H,1-4H3. The van der Waals surface area contributed by atoms with Gasteiger partial charge in [-0.3, -0.25) is 9.29 Å². The number of benzene rings is 1. The van der Waals surface area contributed by atoms with E-state index < -0.39 is 24.2 Å². The van der Waals surface area contributed by atoms with Crippen LogP contribution < -0.4 is 4.31 Å². The number of hydrogen-bond acceptors (Lipinski definition) is 5. The van der Waals surface area contributed by atoms with Gasteiger partial charge in [0.2, 0.25) is 10.0 Å². The summed E-state index contributed by atoms with van der Waals surface area (Å²) in [5.41, 5.74) is 1.51. The fraction of sp³-hybridized carbons (Fsp3) is 0.278. The lowest BCUT2D eigenvalue weighted by molar-refractivity contribution is 0.507. The van der Waals surface area contributed by atoms with Crippen molar-refractivity contribution in [2.45, 2.75) is 18.6 Å². The van der Waals surface area contributed by atoms with E-state index in [1.165, 1.54) is 19.2 Å². The number of halogens is 2. The molecule has 1 aliphatic rings. The van der Waals surface area contributed by atoms with Crippen LogP contribution in [-0.2, 0) is 34.5 Å². The van der Waals surface area contributed by atoms with E-state index in [-0.39, 0.29) is 32.0 Å². The maximum Gasteiger partial charge on any atom is 0.232 e. The predicted octanol–water partition coefficient (Wildman–Crippen LogP) is 4.16. The molecule has 3 rings (SSSR count). The molecular weight excluding hydrogens is 475 g/mol. The summed E-state index contributed by atoms with van der Waals surface area (Å²) in [6.45, 7) is 3.78. The summed E-state index contributed by atoms with van der Waals surface area (Å²) in [5, 5.41) is 11.3. The van der Waals surface area contributed by atoms with Crippen LogP contribution in [-0.4, -0.2) is 36.0 Å². The highest BCUT2D eigenvalue weighted by Gasteiger charge is 2.40. The van der Waals surface area contributed by atoms with Crippen molar-refractivity contribution in [2.24, 2.45) is 0 Å². The van der Waals surface area contributed by atoms with Crippen LogP contribution in [0.4, 0.5) is 5.69 Å². The van der Waals surface area contributed by atoms with Gasteiger partial charge in [0.05, 0.1) is 26.9 Å². The van der Waals surface area contributed by atoms with Gasteiger partial charge in [0.1, 0.15) is 15.9 Å². The minimum absolute atomic E-state index is 0.0358. The van der Waals surface area contributed by atoms with E-state index >= 15 is 0 Å². The van der Waals surface area contributed by atoms with E-state index in [9.17, 15) is 17.7 Å². The first-order chi connectivity index (χ1) is 13.4. The Balaban J connectivity index is 2.43. The molecule has 2 heterocycles. The van der Waals surface area contributed by atoms with Gasteiger partial charge in [0, 0.05) is 23.6 Å². The lowest BCUT2D eigenvalue weighted by Crippen LogP contribution is -2.30. The molecule has 0 aliphatic carbocycles. The number of nitrogens with zero attached hydrogens (tertiary/aromatic N) is 2. The summed E-state index contributed by atoms with van der Waals surface area (Å²) < 4.78 is 36.6. The molecule has 1 atom stereocenters. The SMILES string of the molecule is CN(c1ccc(Cl)c(C2=C(O)c3ncccc3C(C)(C)S2=S=O)c1Cl)S(C)(=O)=O.